The number of halogens is 1. The van der Waals surface area contributed by atoms with Crippen LogP contribution in [-0.2, 0) is 4.79 Å². The zero-order valence-corrected chi connectivity index (χ0v) is 10.2. The summed E-state index contributed by atoms with van der Waals surface area (Å²) in [6, 6.07) is 10.6. The second kappa shape index (κ2) is 4.87. The van der Waals surface area contributed by atoms with Gasteiger partial charge in [-0.1, -0.05) is 23.7 Å². The molecule has 0 aliphatic carbocycles. The molecule has 0 aliphatic heterocycles. The van der Waals surface area contributed by atoms with Crippen LogP contribution in [0.5, 0.6) is 0 Å². The molecule has 2 N–H and O–H groups in total. The SMILES string of the molecule is O=C(O)[C@H](O)c1ccc(-c2ccc(Cl)cc2)s1. The van der Waals surface area contributed by atoms with Crippen molar-refractivity contribution in [2.45, 2.75) is 6.10 Å². The van der Waals surface area contributed by atoms with Gasteiger partial charge in [0, 0.05) is 14.8 Å². The highest BCUT2D eigenvalue weighted by molar-refractivity contribution is 7.15. The van der Waals surface area contributed by atoms with Crippen LogP contribution in [0.1, 0.15) is 11.0 Å². The van der Waals surface area contributed by atoms with Gasteiger partial charge < -0.3 is 10.2 Å². The van der Waals surface area contributed by atoms with Gasteiger partial charge in [-0.15, -0.1) is 11.3 Å². The third-order valence-corrected chi connectivity index (χ3v) is 3.70. The van der Waals surface area contributed by atoms with Crippen molar-refractivity contribution < 1.29 is 15.0 Å². The third-order valence-electron chi connectivity index (χ3n) is 2.26. The number of hydrogen-bond acceptors (Lipinski definition) is 3. The van der Waals surface area contributed by atoms with Crippen molar-refractivity contribution >= 4 is 28.9 Å². The van der Waals surface area contributed by atoms with Gasteiger partial charge in [0.1, 0.15) is 0 Å². The van der Waals surface area contributed by atoms with Crippen molar-refractivity contribution in [2.75, 3.05) is 0 Å². The summed E-state index contributed by atoms with van der Waals surface area (Å²) in [5, 5.41) is 18.7. The van der Waals surface area contributed by atoms with E-state index in [2.05, 4.69) is 0 Å². The van der Waals surface area contributed by atoms with Crippen LogP contribution >= 0.6 is 22.9 Å². The Morgan fingerprint density at radius 3 is 2.41 bits per heavy atom. The molecule has 2 aromatic rings. The summed E-state index contributed by atoms with van der Waals surface area (Å²) in [5.74, 6) is -1.24. The number of carboxylic acids is 1. The van der Waals surface area contributed by atoms with Gasteiger partial charge in [-0.2, -0.15) is 0 Å². The molecule has 3 nitrogen and oxygen atoms in total. The Balaban J connectivity index is 2.29. The largest absolute Gasteiger partial charge is 0.479 e. The Morgan fingerprint density at radius 1 is 1.18 bits per heavy atom. The molecule has 5 heteroatoms. The topological polar surface area (TPSA) is 57.5 Å². The molecular weight excluding hydrogens is 260 g/mol. The molecule has 2 rings (SSSR count). The molecular formula is C12H9ClO3S. The van der Waals surface area contributed by atoms with Gasteiger partial charge in [0.2, 0.25) is 0 Å². The molecule has 1 atom stereocenters. The Bertz CT molecular complexity index is 533. The van der Waals surface area contributed by atoms with Crippen LogP contribution in [0.3, 0.4) is 0 Å². The summed E-state index contributed by atoms with van der Waals surface area (Å²) in [7, 11) is 0. The molecule has 0 saturated carbocycles. The highest BCUT2D eigenvalue weighted by Gasteiger charge is 2.18. The van der Waals surface area contributed by atoms with Crippen molar-refractivity contribution in [3.63, 3.8) is 0 Å². The Hall–Kier alpha value is -1.36. The van der Waals surface area contributed by atoms with Gasteiger partial charge in [0.25, 0.3) is 0 Å². The van der Waals surface area contributed by atoms with Crippen molar-refractivity contribution in [3.8, 4) is 10.4 Å². The number of hydrogen-bond donors (Lipinski definition) is 2. The van der Waals surface area contributed by atoms with E-state index < -0.39 is 12.1 Å². The van der Waals surface area contributed by atoms with Gasteiger partial charge in [-0.3, -0.25) is 0 Å². The quantitative estimate of drug-likeness (QED) is 0.899. The zero-order chi connectivity index (χ0) is 12.4. The monoisotopic (exact) mass is 268 g/mol. The highest BCUT2D eigenvalue weighted by Crippen LogP contribution is 2.32. The van der Waals surface area contributed by atoms with Gasteiger partial charge >= 0.3 is 5.97 Å². The molecule has 0 fully saturated rings. The van der Waals surface area contributed by atoms with Crippen LogP contribution in [0.4, 0.5) is 0 Å². The van der Waals surface area contributed by atoms with Crippen LogP contribution < -0.4 is 0 Å². The second-order valence-electron chi connectivity index (χ2n) is 3.45. The number of aliphatic carboxylic acids is 1. The predicted octanol–water partition coefficient (Wildman–Crippen LogP) is 3.19. The van der Waals surface area contributed by atoms with Crippen molar-refractivity contribution in [1.82, 2.24) is 0 Å². The summed E-state index contributed by atoms with van der Waals surface area (Å²) in [5.41, 5.74) is 0.947. The first-order valence-electron chi connectivity index (χ1n) is 4.84. The summed E-state index contributed by atoms with van der Waals surface area (Å²) in [6.45, 7) is 0. The summed E-state index contributed by atoms with van der Waals surface area (Å²) in [6.07, 6.45) is -1.46. The van der Waals surface area contributed by atoms with Crippen LogP contribution in [-0.4, -0.2) is 16.2 Å². The van der Waals surface area contributed by atoms with Gasteiger partial charge in [0.05, 0.1) is 0 Å². The lowest BCUT2D eigenvalue weighted by molar-refractivity contribution is -0.146. The molecule has 1 heterocycles. The van der Waals surface area contributed by atoms with Crippen LogP contribution in [0.25, 0.3) is 10.4 Å². The van der Waals surface area contributed by atoms with E-state index in [0.717, 1.165) is 10.4 Å². The minimum absolute atomic E-state index is 0.419. The van der Waals surface area contributed by atoms with E-state index in [4.69, 9.17) is 16.7 Å². The molecule has 0 amide bonds. The first-order chi connectivity index (χ1) is 8.08. The number of thiophene rings is 1. The molecule has 0 unspecified atom stereocenters. The average Bonchev–Trinajstić information content (AvgIpc) is 2.78. The molecule has 0 bridgehead atoms. The van der Waals surface area contributed by atoms with Crippen LogP contribution in [0.15, 0.2) is 36.4 Å². The van der Waals surface area contributed by atoms with E-state index in [1.54, 1.807) is 24.3 Å². The molecule has 1 aromatic carbocycles. The number of rotatable bonds is 3. The fourth-order valence-corrected chi connectivity index (χ4v) is 2.51. The van der Waals surface area contributed by atoms with E-state index in [1.165, 1.54) is 11.3 Å². The Kier molecular flexibility index (Phi) is 3.47. The minimum atomic E-state index is -1.46. The first-order valence-corrected chi connectivity index (χ1v) is 6.04. The van der Waals surface area contributed by atoms with Gasteiger partial charge in [-0.05, 0) is 29.8 Å². The molecule has 0 spiro atoms. The molecule has 17 heavy (non-hydrogen) atoms. The molecule has 1 aromatic heterocycles. The summed E-state index contributed by atoms with van der Waals surface area (Å²) in [4.78, 5) is 11.9. The normalized spacial score (nSPS) is 12.4. The highest BCUT2D eigenvalue weighted by atomic mass is 35.5. The minimum Gasteiger partial charge on any atom is -0.479 e. The van der Waals surface area contributed by atoms with Crippen LogP contribution in [0, 0.1) is 0 Å². The lowest BCUT2D eigenvalue weighted by Crippen LogP contribution is -2.08. The smallest absolute Gasteiger partial charge is 0.338 e. The first kappa shape index (κ1) is 12.1. The van der Waals surface area contributed by atoms with E-state index in [1.807, 2.05) is 12.1 Å². The lowest BCUT2D eigenvalue weighted by Gasteiger charge is -2.00. The van der Waals surface area contributed by atoms with Gasteiger partial charge in [-0.25, -0.2) is 4.79 Å². The standard InChI is InChI=1S/C12H9ClO3S/c13-8-3-1-7(2-4-8)9-5-6-10(17-9)11(14)12(15)16/h1-6,11,14H,(H,15,16)/t11-/m1/s1. The maximum Gasteiger partial charge on any atom is 0.338 e. The van der Waals surface area contributed by atoms with Crippen LogP contribution in [0.2, 0.25) is 5.02 Å². The molecule has 88 valence electrons. The molecule has 0 saturated heterocycles. The fraction of sp³-hybridized carbons (Fsp3) is 0.0833. The number of benzene rings is 1. The van der Waals surface area contributed by atoms with E-state index in [0.29, 0.717) is 9.90 Å². The van der Waals surface area contributed by atoms with Crippen molar-refractivity contribution in [2.24, 2.45) is 0 Å². The van der Waals surface area contributed by atoms with Gasteiger partial charge in [0.15, 0.2) is 6.10 Å². The molecule has 0 radical (unpaired) electrons. The molecule has 0 aliphatic rings. The third kappa shape index (κ3) is 2.66. The second-order valence-corrected chi connectivity index (χ2v) is 5.00. The van der Waals surface area contributed by atoms with E-state index in [9.17, 15) is 9.90 Å². The fourth-order valence-electron chi connectivity index (χ4n) is 1.39. The van der Waals surface area contributed by atoms with Crippen molar-refractivity contribution in [1.29, 1.82) is 0 Å². The maximum absolute atomic E-state index is 10.6. The predicted molar refractivity (Wildman–Crippen MR) is 67.4 cm³/mol. The van der Waals surface area contributed by atoms with E-state index >= 15 is 0 Å². The number of aliphatic hydroxyl groups excluding tert-OH is 1. The summed E-state index contributed by atoms with van der Waals surface area (Å²) >= 11 is 7.04. The van der Waals surface area contributed by atoms with E-state index in [-0.39, 0.29) is 0 Å². The Morgan fingerprint density at radius 2 is 1.82 bits per heavy atom. The number of aliphatic hydroxyl groups is 1. The number of carbonyl (C=O) groups is 1. The average molecular weight is 269 g/mol. The summed E-state index contributed by atoms with van der Waals surface area (Å²) < 4.78 is 0. The van der Waals surface area contributed by atoms with Crippen molar-refractivity contribution in [3.05, 3.63) is 46.3 Å². The number of carboxylic acid groups (broad SMARTS) is 1. The lowest BCUT2D eigenvalue weighted by atomic mass is 10.2. The maximum atomic E-state index is 10.6. The Labute approximate surface area is 107 Å². The zero-order valence-electron chi connectivity index (χ0n) is 8.63.